The van der Waals surface area contributed by atoms with Crippen molar-refractivity contribution < 1.29 is 17.3 Å². The van der Waals surface area contributed by atoms with Crippen LogP contribution in [0.3, 0.4) is 0 Å². The molecule has 0 radical (unpaired) electrons. The number of alkyl halides is 3. The Morgan fingerprint density at radius 1 is 1.04 bits per heavy atom. The summed E-state index contributed by atoms with van der Waals surface area (Å²) in [4.78, 5) is 0. The predicted molar refractivity (Wildman–Crippen MR) is 100 cm³/mol. The van der Waals surface area contributed by atoms with Crippen molar-refractivity contribution in [2.45, 2.75) is 31.9 Å². The molecule has 0 aliphatic rings. The monoisotopic (exact) mass is 360 g/mol. The number of aryl methyl sites for hydroxylation is 1. The number of hydrogen-bond donors (Lipinski definition) is 1. The third-order valence-electron chi connectivity index (χ3n) is 4.23. The first-order chi connectivity index (χ1) is 13.5. The van der Waals surface area contributed by atoms with E-state index in [4.69, 9.17) is 4.11 Å². The molecule has 0 aliphatic heterocycles. The molecular weight excluding hydrogens is 335 g/mol. The summed E-state index contributed by atoms with van der Waals surface area (Å²) in [5, 5.41) is 4.98. The first-order valence-electron chi connectivity index (χ1n) is 9.92. The van der Waals surface area contributed by atoms with E-state index in [1.165, 1.54) is 12.1 Å². The summed E-state index contributed by atoms with van der Waals surface area (Å²) in [6.45, 7) is 1.82. The number of halogens is 3. The smallest absolute Gasteiger partial charge is 0.310 e. The highest BCUT2D eigenvalue weighted by atomic mass is 19.4. The minimum absolute atomic E-state index is 0.0223. The van der Waals surface area contributed by atoms with Crippen LogP contribution in [0.5, 0.6) is 0 Å². The highest BCUT2D eigenvalue weighted by molar-refractivity contribution is 5.86. The van der Waals surface area contributed by atoms with Crippen molar-refractivity contribution in [2.75, 3.05) is 6.54 Å². The lowest BCUT2D eigenvalue weighted by Crippen LogP contribution is -2.20. The molecular formula is C22H22F3N. The van der Waals surface area contributed by atoms with Crippen LogP contribution in [0.25, 0.3) is 10.8 Å². The molecule has 1 N–H and O–H groups in total. The van der Waals surface area contributed by atoms with Crippen LogP contribution in [0.4, 0.5) is 13.2 Å². The lowest BCUT2D eigenvalue weighted by molar-refractivity contribution is -0.137. The van der Waals surface area contributed by atoms with Crippen molar-refractivity contribution in [1.82, 2.24) is 5.32 Å². The summed E-state index contributed by atoms with van der Waals surface area (Å²) in [7, 11) is 0. The fourth-order valence-corrected chi connectivity index (χ4v) is 2.91. The fourth-order valence-electron chi connectivity index (χ4n) is 2.91. The lowest BCUT2D eigenvalue weighted by atomic mass is 9.99. The van der Waals surface area contributed by atoms with Crippen molar-refractivity contribution >= 4 is 10.8 Å². The van der Waals surface area contributed by atoms with E-state index in [9.17, 15) is 13.2 Å². The second kappa shape index (κ2) is 7.92. The molecule has 3 rings (SSSR count). The van der Waals surface area contributed by atoms with Crippen molar-refractivity contribution in [3.63, 3.8) is 0 Å². The van der Waals surface area contributed by atoms with Gasteiger partial charge in [-0.3, -0.25) is 0 Å². The molecule has 3 aromatic rings. The molecule has 0 bridgehead atoms. The van der Waals surface area contributed by atoms with Gasteiger partial charge < -0.3 is 5.32 Å². The van der Waals surface area contributed by atoms with Gasteiger partial charge >= 0.3 is 6.18 Å². The highest BCUT2D eigenvalue weighted by Gasteiger charge is 2.30. The number of benzene rings is 3. The summed E-state index contributed by atoms with van der Waals surface area (Å²) in [5.74, 6) is 0. The second-order valence-electron chi connectivity index (χ2n) is 6.08. The third-order valence-corrected chi connectivity index (χ3v) is 4.23. The summed E-state index contributed by atoms with van der Waals surface area (Å²) in [5.41, 5.74) is -0.130. The Morgan fingerprint density at radius 2 is 1.77 bits per heavy atom. The van der Waals surface area contributed by atoms with E-state index in [1.54, 1.807) is 6.92 Å². The summed E-state index contributed by atoms with van der Waals surface area (Å²) in [6.07, 6.45) is -6.53. The largest absolute Gasteiger partial charge is 0.416 e. The average Bonchev–Trinajstić information content (AvgIpc) is 2.66. The van der Waals surface area contributed by atoms with Gasteiger partial charge in [0.05, 0.1) is 6.93 Å². The molecule has 0 aromatic heterocycles. The molecule has 136 valence electrons. The van der Waals surface area contributed by atoms with Gasteiger partial charge in [-0.2, -0.15) is 13.2 Å². The van der Waals surface area contributed by atoms with E-state index in [-0.39, 0.29) is 18.5 Å². The highest BCUT2D eigenvalue weighted by Crippen LogP contribution is 2.29. The predicted octanol–water partition coefficient (Wildman–Crippen LogP) is 6.14. The zero-order valence-electron chi connectivity index (χ0n) is 17.4. The molecule has 26 heavy (non-hydrogen) atoms. The molecule has 0 heterocycles. The lowest BCUT2D eigenvalue weighted by Gasteiger charge is -2.17. The van der Waals surface area contributed by atoms with E-state index in [0.717, 1.165) is 28.5 Å². The van der Waals surface area contributed by atoms with Crippen LogP contribution in [0.1, 0.15) is 40.2 Å². The van der Waals surface area contributed by atoms with E-state index in [2.05, 4.69) is 5.32 Å². The SMILES string of the molecule is [2H]C([2H])(CCN[C@@]([2H])(C)c1cccc2ccccc12)c1cccc(C(F)(F)F)c1. The van der Waals surface area contributed by atoms with Crippen molar-refractivity contribution in [3.05, 3.63) is 83.4 Å². The molecule has 0 saturated heterocycles. The van der Waals surface area contributed by atoms with Crippen LogP contribution in [0.2, 0.25) is 0 Å². The van der Waals surface area contributed by atoms with Crippen LogP contribution >= 0.6 is 0 Å². The minimum atomic E-state index is -4.52. The van der Waals surface area contributed by atoms with Gasteiger partial charge in [-0.25, -0.2) is 0 Å². The van der Waals surface area contributed by atoms with Crippen LogP contribution < -0.4 is 5.32 Å². The Labute approximate surface area is 156 Å². The van der Waals surface area contributed by atoms with Gasteiger partial charge in [0, 0.05) is 8.76 Å². The number of fused-ring (bicyclic) bond motifs is 1. The number of nitrogens with one attached hydrogen (secondary N) is 1. The van der Waals surface area contributed by atoms with Gasteiger partial charge in [-0.15, -0.1) is 0 Å². The third kappa shape index (κ3) is 4.44. The van der Waals surface area contributed by atoms with E-state index < -0.39 is 24.1 Å². The number of hydrogen-bond acceptors (Lipinski definition) is 1. The van der Waals surface area contributed by atoms with Crippen LogP contribution in [0.15, 0.2) is 66.7 Å². The molecule has 0 aliphatic carbocycles. The van der Waals surface area contributed by atoms with Crippen LogP contribution in [-0.2, 0) is 12.5 Å². The fraction of sp³-hybridized carbons (Fsp3) is 0.273. The van der Waals surface area contributed by atoms with Gasteiger partial charge in [0.25, 0.3) is 0 Å². The Kier molecular flexibility index (Phi) is 4.51. The van der Waals surface area contributed by atoms with E-state index in [0.29, 0.717) is 0 Å². The average molecular weight is 360 g/mol. The quantitative estimate of drug-likeness (QED) is 0.556. The molecule has 0 spiro atoms. The van der Waals surface area contributed by atoms with Gasteiger partial charge in [0.2, 0.25) is 0 Å². The zero-order chi connectivity index (χ0) is 21.3. The second-order valence-corrected chi connectivity index (χ2v) is 6.08. The van der Waals surface area contributed by atoms with Gasteiger partial charge in [-0.1, -0.05) is 60.7 Å². The molecule has 1 nitrogen and oxygen atoms in total. The number of rotatable bonds is 6. The first kappa shape index (κ1) is 14.8. The molecule has 0 saturated carbocycles. The van der Waals surface area contributed by atoms with E-state index in [1.807, 2.05) is 42.5 Å². The summed E-state index contributed by atoms with van der Waals surface area (Å²) >= 11 is 0. The first-order valence-corrected chi connectivity index (χ1v) is 8.42. The summed E-state index contributed by atoms with van der Waals surface area (Å²) < 4.78 is 63.9. The standard InChI is InChI=1S/C22H22F3N/c1-16(20-13-5-10-18-9-2-3-12-21(18)20)26-14-6-8-17-7-4-11-19(15-17)22(23,24)25/h2-5,7,9-13,15-16,26H,6,8,14H2,1H3/t16-/m0/s1/i8D2,16D. The molecule has 0 amide bonds. The van der Waals surface area contributed by atoms with E-state index >= 15 is 0 Å². The molecule has 4 heteroatoms. The maximum atomic E-state index is 12.9. The molecule has 1 atom stereocenters. The Hall–Kier alpha value is -2.33. The Balaban J connectivity index is 1.74. The topological polar surface area (TPSA) is 12.0 Å². The van der Waals surface area contributed by atoms with Crippen LogP contribution in [0, 0.1) is 0 Å². The van der Waals surface area contributed by atoms with Crippen LogP contribution in [-0.4, -0.2) is 6.54 Å². The van der Waals surface area contributed by atoms with Crippen molar-refractivity contribution in [1.29, 1.82) is 0 Å². The van der Waals surface area contributed by atoms with Crippen molar-refractivity contribution in [2.24, 2.45) is 0 Å². The molecule has 0 unspecified atom stereocenters. The molecule has 3 aromatic carbocycles. The molecule has 0 fully saturated rings. The van der Waals surface area contributed by atoms with Gasteiger partial charge in [-0.05, 0) is 54.2 Å². The normalized spacial score (nSPS) is 16.5. The zero-order valence-corrected chi connectivity index (χ0v) is 14.4. The van der Waals surface area contributed by atoms with Gasteiger partial charge in [0.1, 0.15) is 0 Å². The summed E-state index contributed by atoms with van der Waals surface area (Å²) in [6, 6.07) is 16.6. The van der Waals surface area contributed by atoms with Crippen molar-refractivity contribution in [3.8, 4) is 0 Å². The Bertz CT molecular complexity index is 995. The maximum Gasteiger partial charge on any atom is 0.416 e. The van der Waals surface area contributed by atoms with Gasteiger partial charge in [0.15, 0.2) is 0 Å². The Morgan fingerprint density at radius 3 is 2.58 bits per heavy atom. The minimum Gasteiger partial charge on any atom is -0.310 e. The maximum absolute atomic E-state index is 12.9.